The smallest absolute Gasteiger partial charge is 0.328 e. The molecule has 12 heteroatoms. The van der Waals surface area contributed by atoms with Gasteiger partial charge >= 0.3 is 11.9 Å². The monoisotopic (exact) mass is 390 g/mol. The first-order valence-electron chi connectivity index (χ1n) is 8.12. The minimum absolute atomic E-state index is 0.431. The summed E-state index contributed by atoms with van der Waals surface area (Å²) in [5, 5.41) is 33.1. The fourth-order valence-electron chi connectivity index (χ4n) is 1.93. The number of carbonyl (C=O) groups is 5. The lowest BCUT2D eigenvalue weighted by Crippen LogP contribution is -2.58. The van der Waals surface area contributed by atoms with Gasteiger partial charge in [0.2, 0.25) is 17.7 Å². The summed E-state index contributed by atoms with van der Waals surface area (Å²) in [5.41, 5.74) is 5.39. The topological polar surface area (TPSA) is 208 Å². The molecule has 0 aliphatic heterocycles. The number of carboxylic acids is 2. The first-order valence-corrected chi connectivity index (χ1v) is 8.12. The lowest BCUT2D eigenvalue weighted by atomic mass is 10.0. The number of rotatable bonds is 11. The molecule has 4 atom stereocenters. The Morgan fingerprint density at radius 2 is 1.44 bits per heavy atom. The van der Waals surface area contributed by atoms with Crippen molar-refractivity contribution in [3.8, 4) is 0 Å². The predicted octanol–water partition coefficient (Wildman–Crippen LogP) is -3.00. The van der Waals surface area contributed by atoms with Crippen LogP contribution in [0, 0.1) is 5.92 Å². The third-order valence-electron chi connectivity index (χ3n) is 3.53. The van der Waals surface area contributed by atoms with Crippen LogP contribution in [0.3, 0.4) is 0 Å². The van der Waals surface area contributed by atoms with Crippen molar-refractivity contribution < 1.29 is 39.3 Å². The van der Waals surface area contributed by atoms with Gasteiger partial charge in [0.25, 0.3) is 0 Å². The molecule has 0 heterocycles. The van der Waals surface area contributed by atoms with Gasteiger partial charge in [-0.3, -0.25) is 19.2 Å². The van der Waals surface area contributed by atoms with Crippen LogP contribution in [-0.2, 0) is 24.0 Å². The van der Waals surface area contributed by atoms with Gasteiger partial charge in [-0.25, -0.2) is 4.79 Å². The van der Waals surface area contributed by atoms with Crippen molar-refractivity contribution in [1.29, 1.82) is 0 Å². The van der Waals surface area contributed by atoms with Crippen molar-refractivity contribution in [3.05, 3.63) is 0 Å². The second kappa shape index (κ2) is 11.1. The Hall–Kier alpha value is -2.73. The number of hydrogen-bond donors (Lipinski definition) is 7. The van der Waals surface area contributed by atoms with E-state index in [9.17, 15) is 24.0 Å². The SMILES string of the molecule is CC(NC(=O)C(N)CC(=O)O)C(=O)NC(C(=O)NC(CO)C(=O)O)C(C)C. The van der Waals surface area contributed by atoms with Crippen LogP contribution < -0.4 is 21.7 Å². The largest absolute Gasteiger partial charge is 0.481 e. The number of aliphatic hydroxyl groups excluding tert-OH is 1. The first-order chi connectivity index (χ1) is 12.4. The number of amides is 3. The van der Waals surface area contributed by atoms with E-state index in [1.807, 2.05) is 0 Å². The zero-order chi connectivity index (χ0) is 21.3. The third-order valence-corrected chi connectivity index (χ3v) is 3.53. The number of nitrogens with two attached hydrogens (primary N) is 1. The summed E-state index contributed by atoms with van der Waals surface area (Å²) >= 11 is 0. The van der Waals surface area contributed by atoms with Gasteiger partial charge in [0.15, 0.2) is 0 Å². The van der Waals surface area contributed by atoms with E-state index >= 15 is 0 Å². The number of carbonyl (C=O) groups excluding carboxylic acids is 3. The highest BCUT2D eigenvalue weighted by Gasteiger charge is 2.30. The molecule has 0 bridgehead atoms. The average Bonchev–Trinajstić information content (AvgIpc) is 2.55. The van der Waals surface area contributed by atoms with Crippen molar-refractivity contribution in [1.82, 2.24) is 16.0 Å². The van der Waals surface area contributed by atoms with Crippen molar-refractivity contribution >= 4 is 29.7 Å². The van der Waals surface area contributed by atoms with Crippen LogP contribution in [0.4, 0.5) is 0 Å². The Morgan fingerprint density at radius 3 is 1.85 bits per heavy atom. The van der Waals surface area contributed by atoms with Crippen LogP contribution in [-0.4, -0.2) is 75.8 Å². The van der Waals surface area contributed by atoms with Crippen LogP contribution in [0.2, 0.25) is 0 Å². The van der Waals surface area contributed by atoms with E-state index in [-0.39, 0.29) is 0 Å². The highest BCUT2D eigenvalue weighted by Crippen LogP contribution is 2.04. The van der Waals surface area contributed by atoms with Crippen LogP contribution in [0.25, 0.3) is 0 Å². The zero-order valence-corrected chi connectivity index (χ0v) is 15.3. The van der Waals surface area contributed by atoms with Crippen molar-refractivity contribution in [3.63, 3.8) is 0 Å². The lowest BCUT2D eigenvalue weighted by Gasteiger charge is -2.25. The molecule has 0 aliphatic carbocycles. The Balaban J connectivity index is 4.92. The first kappa shape index (κ1) is 24.3. The molecule has 0 fully saturated rings. The Labute approximate surface area is 155 Å². The van der Waals surface area contributed by atoms with Crippen molar-refractivity contribution in [2.45, 2.75) is 51.4 Å². The van der Waals surface area contributed by atoms with E-state index in [4.69, 9.17) is 21.1 Å². The van der Waals surface area contributed by atoms with Gasteiger partial charge in [0.1, 0.15) is 18.1 Å². The van der Waals surface area contributed by atoms with Gasteiger partial charge in [-0.05, 0) is 12.8 Å². The summed E-state index contributed by atoms with van der Waals surface area (Å²) in [6, 6.07) is -5.12. The molecule has 0 rings (SSSR count). The van der Waals surface area contributed by atoms with E-state index in [0.717, 1.165) is 0 Å². The molecule has 0 aromatic heterocycles. The molecule has 3 amide bonds. The summed E-state index contributed by atoms with van der Waals surface area (Å²) in [4.78, 5) is 57.6. The fraction of sp³-hybridized carbons (Fsp3) is 0.667. The van der Waals surface area contributed by atoms with Crippen molar-refractivity contribution in [2.24, 2.45) is 11.7 Å². The summed E-state index contributed by atoms with van der Waals surface area (Å²) in [6.07, 6.45) is -0.616. The molecule has 154 valence electrons. The number of aliphatic carboxylic acids is 2. The molecule has 8 N–H and O–H groups in total. The molecule has 0 aromatic rings. The van der Waals surface area contributed by atoms with Gasteiger partial charge < -0.3 is 37.0 Å². The van der Waals surface area contributed by atoms with Crippen molar-refractivity contribution in [2.75, 3.05) is 6.61 Å². The summed E-state index contributed by atoms with van der Waals surface area (Å²) in [5.74, 6) is -5.57. The third kappa shape index (κ3) is 8.46. The van der Waals surface area contributed by atoms with Gasteiger partial charge in [-0.2, -0.15) is 0 Å². The number of nitrogens with one attached hydrogen (secondary N) is 3. The van der Waals surface area contributed by atoms with Gasteiger partial charge in [-0.15, -0.1) is 0 Å². The van der Waals surface area contributed by atoms with Gasteiger partial charge in [0, 0.05) is 0 Å². The van der Waals surface area contributed by atoms with Gasteiger partial charge in [0.05, 0.1) is 19.1 Å². The van der Waals surface area contributed by atoms with E-state index in [1.54, 1.807) is 13.8 Å². The number of carboxylic acid groups (broad SMARTS) is 2. The summed E-state index contributed by atoms with van der Waals surface area (Å²) < 4.78 is 0. The van der Waals surface area contributed by atoms with Crippen LogP contribution in [0.1, 0.15) is 27.2 Å². The molecule has 0 spiro atoms. The highest BCUT2D eigenvalue weighted by molar-refractivity contribution is 5.94. The molecule has 0 aliphatic rings. The Bertz CT molecular complexity index is 580. The Morgan fingerprint density at radius 1 is 0.889 bits per heavy atom. The molecule has 0 aromatic carbocycles. The molecule has 27 heavy (non-hydrogen) atoms. The lowest BCUT2D eigenvalue weighted by molar-refractivity contribution is -0.143. The summed E-state index contributed by atoms with van der Waals surface area (Å²) in [7, 11) is 0. The Kier molecular flexibility index (Phi) is 9.96. The minimum Gasteiger partial charge on any atom is -0.481 e. The molecule has 0 saturated carbocycles. The molecular weight excluding hydrogens is 364 g/mol. The standard InChI is InChI=1S/C15H26N4O8/c1-6(2)11(14(25)18-9(5-20)15(26)27)19-12(23)7(3)17-13(24)8(16)4-10(21)22/h6-9,11,20H,4-5,16H2,1-3H3,(H,17,24)(H,18,25)(H,19,23)(H,21,22)(H,26,27). The summed E-state index contributed by atoms with van der Waals surface area (Å²) in [6.45, 7) is 3.69. The van der Waals surface area contributed by atoms with Crippen LogP contribution >= 0.6 is 0 Å². The van der Waals surface area contributed by atoms with E-state index < -0.39 is 72.8 Å². The zero-order valence-electron chi connectivity index (χ0n) is 15.3. The van der Waals surface area contributed by atoms with E-state index in [0.29, 0.717) is 0 Å². The second-order valence-electron chi connectivity index (χ2n) is 6.25. The second-order valence-corrected chi connectivity index (χ2v) is 6.25. The molecule has 4 unspecified atom stereocenters. The maximum absolute atomic E-state index is 12.2. The molecule has 12 nitrogen and oxygen atoms in total. The van der Waals surface area contributed by atoms with Crippen LogP contribution in [0.15, 0.2) is 0 Å². The van der Waals surface area contributed by atoms with E-state index in [1.165, 1.54) is 6.92 Å². The van der Waals surface area contributed by atoms with E-state index in [2.05, 4.69) is 16.0 Å². The average molecular weight is 390 g/mol. The predicted molar refractivity (Wildman–Crippen MR) is 91.3 cm³/mol. The quantitative estimate of drug-likeness (QED) is 0.191. The van der Waals surface area contributed by atoms with Gasteiger partial charge in [-0.1, -0.05) is 13.8 Å². The maximum atomic E-state index is 12.2. The number of hydrogen-bond acceptors (Lipinski definition) is 7. The fourth-order valence-corrected chi connectivity index (χ4v) is 1.93. The molecular formula is C15H26N4O8. The maximum Gasteiger partial charge on any atom is 0.328 e. The normalized spacial score (nSPS) is 15.2. The molecule has 0 radical (unpaired) electrons. The van der Waals surface area contributed by atoms with Crippen LogP contribution in [0.5, 0.6) is 0 Å². The number of aliphatic hydroxyl groups is 1. The highest BCUT2D eigenvalue weighted by atomic mass is 16.4. The molecule has 0 saturated heterocycles. The minimum atomic E-state index is -1.53.